The summed E-state index contributed by atoms with van der Waals surface area (Å²) in [6, 6.07) is 6.86. The molecule has 3 nitrogen and oxygen atoms in total. The highest BCUT2D eigenvalue weighted by Crippen LogP contribution is 2.30. The molecular formula is C15H21NO2. The Bertz CT molecular complexity index is 422. The van der Waals surface area contributed by atoms with Gasteiger partial charge < -0.3 is 10.0 Å². The molecule has 0 aliphatic heterocycles. The predicted molar refractivity (Wildman–Crippen MR) is 72.6 cm³/mol. The second-order valence-electron chi connectivity index (χ2n) is 5.37. The molecule has 0 radical (unpaired) electrons. The topological polar surface area (TPSA) is 40.5 Å². The fourth-order valence-electron chi connectivity index (χ4n) is 2.61. The fourth-order valence-corrected chi connectivity index (χ4v) is 2.61. The maximum Gasteiger partial charge on any atom is 0.229 e. The van der Waals surface area contributed by atoms with Gasteiger partial charge in [-0.05, 0) is 43.7 Å². The summed E-state index contributed by atoms with van der Waals surface area (Å²) in [7, 11) is 1.79. The molecule has 98 valence electrons. The van der Waals surface area contributed by atoms with E-state index in [4.69, 9.17) is 0 Å². The van der Waals surface area contributed by atoms with Gasteiger partial charge in [0, 0.05) is 24.7 Å². The lowest BCUT2D eigenvalue weighted by atomic mass is 9.82. The quantitative estimate of drug-likeness (QED) is 0.872. The smallest absolute Gasteiger partial charge is 0.229 e. The molecule has 0 unspecified atom stereocenters. The number of phenolic OH excluding ortho intramolecular Hbond substituents is 1. The van der Waals surface area contributed by atoms with Gasteiger partial charge in [-0.15, -0.1) is 0 Å². The summed E-state index contributed by atoms with van der Waals surface area (Å²) in [4.78, 5) is 14.0. The normalized spacial score (nSPS) is 23.7. The van der Waals surface area contributed by atoms with Gasteiger partial charge >= 0.3 is 0 Å². The Morgan fingerprint density at radius 2 is 1.94 bits per heavy atom. The lowest BCUT2D eigenvalue weighted by molar-refractivity contribution is -0.123. The van der Waals surface area contributed by atoms with Gasteiger partial charge in [0.2, 0.25) is 5.91 Å². The maximum atomic E-state index is 12.4. The predicted octanol–water partition coefficient (Wildman–Crippen LogP) is 3.18. The van der Waals surface area contributed by atoms with Crippen molar-refractivity contribution in [2.24, 2.45) is 11.8 Å². The maximum absolute atomic E-state index is 12.4. The van der Waals surface area contributed by atoms with Crippen molar-refractivity contribution in [1.82, 2.24) is 0 Å². The van der Waals surface area contributed by atoms with Crippen LogP contribution in [-0.2, 0) is 4.79 Å². The molecule has 1 aromatic carbocycles. The number of rotatable bonds is 2. The van der Waals surface area contributed by atoms with Gasteiger partial charge in [-0.3, -0.25) is 4.79 Å². The molecule has 18 heavy (non-hydrogen) atoms. The first kappa shape index (κ1) is 12.9. The summed E-state index contributed by atoms with van der Waals surface area (Å²) in [6.45, 7) is 2.25. The minimum atomic E-state index is 0.147. The monoisotopic (exact) mass is 247 g/mol. The molecule has 3 heteroatoms. The van der Waals surface area contributed by atoms with Crippen LogP contribution in [0, 0.1) is 11.8 Å². The van der Waals surface area contributed by atoms with Gasteiger partial charge in [0.25, 0.3) is 0 Å². The molecule has 1 fully saturated rings. The van der Waals surface area contributed by atoms with Crippen LogP contribution in [0.5, 0.6) is 5.75 Å². The van der Waals surface area contributed by atoms with Crippen molar-refractivity contribution in [1.29, 1.82) is 0 Å². The highest BCUT2D eigenvalue weighted by Gasteiger charge is 2.27. The van der Waals surface area contributed by atoms with E-state index in [0.717, 1.165) is 37.3 Å². The second kappa shape index (κ2) is 5.42. The molecule has 0 bridgehead atoms. The molecule has 0 heterocycles. The Morgan fingerprint density at radius 1 is 1.28 bits per heavy atom. The zero-order valence-corrected chi connectivity index (χ0v) is 11.1. The number of hydrogen-bond donors (Lipinski definition) is 1. The van der Waals surface area contributed by atoms with Crippen LogP contribution in [0.2, 0.25) is 0 Å². The minimum absolute atomic E-state index is 0.147. The van der Waals surface area contributed by atoms with E-state index in [-0.39, 0.29) is 17.6 Å². The van der Waals surface area contributed by atoms with E-state index in [1.807, 2.05) is 6.07 Å². The van der Waals surface area contributed by atoms with Crippen molar-refractivity contribution >= 4 is 11.6 Å². The van der Waals surface area contributed by atoms with Crippen LogP contribution in [-0.4, -0.2) is 18.1 Å². The number of carbonyl (C=O) groups is 1. The highest BCUT2D eigenvalue weighted by atomic mass is 16.3. The minimum Gasteiger partial charge on any atom is -0.508 e. The Hall–Kier alpha value is -1.51. The number of hydrogen-bond acceptors (Lipinski definition) is 2. The van der Waals surface area contributed by atoms with Crippen LogP contribution < -0.4 is 4.90 Å². The lowest BCUT2D eigenvalue weighted by Gasteiger charge is -2.29. The van der Waals surface area contributed by atoms with Crippen LogP contribution >= 0.6 is 0 Å². The third-order valence-electron chi connectivity index (χ3n) is 3.91. The number of phenols is 1. The number of nitrogens with zero attached hydrogens (tertiary/aromatic N) is 1. The Kier molecular flexibility index (Phi) is 3.90. The van der Waals surface area contributed by atoms with Gasteiger partial charge in [-0.25, -0.2) is 0 Å². The number of amides is 1. The molecule has 1 aliphatic carbocycles. The van der Waals surface area contributed by atoms with E-state index < -0.39 is 0 Å². The lowest BCUT2D eigenvalue weighted by Crippen LogP contribution is -2.34. The summed E-state index contributed by atoms with van der Waals surface area (Å²) in [5.74, 6) is 1.27. The zero-order valence-electron chi connectivity index (χ0n) is 11.1. The van der Waals surface area contributed by atoms with Gasteiger partial charge in [0.05, 0.1) is 0 Å². The van der Waals surface area contributed by atoms with Crippen LogP contribution in [0.3, 0.4) is 0 Å². The number of benzene rings is 1. The molecule has 1 aromatic rings. The van der Waals surface area contributed by atoms with Crippen LogP contribution in [0.1, 0.15) is 32.6 Å². The molecule has 1 N–H and O–H groups in total. The standard InChI is InChI=1S/C15H21NO2/c1-11-6-8-12(9-7-11)15(18)16(2)13-4-3-5-14(17)10-13/h3-5,10-12,17H,6-9H2,1-2H3. The first-order valence-corrected chi connectivity index (χ1v) is 6.64. The Labute approximate surface area is 108 Å². The molecule has 0 saturated heterocycles. The van der Waals surface area contributed by atoms with Crippen LogP contribution in [0.15, 0.2) is 24.3 Å². The number of aromatic hydroxyl groups is 1. The van der Waals surface area contributed by atoms with E-state index in [9.17, 15) is 9.90 Å². The van der Waals surface area contributed by atoms with E-state index in [0.29, 0.717) is 0 Å². The van der Waals surface area contributed by atoms with Crippen molar-refractivity contribution in [3.05, 3.63) is 24.3 Å². The SMILES string of the molecule is CC1CCC(C(=O)N(C)c2cccc(O)c2)CC1. The molecular weight excluding hydrogens is 226 g/mol. The second-order valence-corrected chi connectivity index (χ2v) is 5.37. The van der Waals surface area contributed by atoms with Gasteiger partial charge in [0.1, 0.15) is 5.75 Å². The Balaban J connectivity index is 2.04. The van der Waals surface area contributed by atoms with E-state index in [1.54, 1.807) is 30.1 Å². The van der Waals surface area contributed by atoms with Crippen LogP contribution in [0.4, 0.5) is 5.69 Å². The number of anilines is 1. The first-order chi connectivity index (χ1) is 8.58. The summed E-state index contributed by atoms with van der Waals surface area (Å²) < 4.78 is 0. The molecule has 0 atom stereocenters. The largest absolute Gasteiger partial charge is 0.508 e. The molecule has 2 rings (SSSR count). The average molecular weight is 247 g/mol. The van der Waals surface area contributed by atoms with Crippen LogP contribution in [0.25, 0.3) is 0 Å². The third-order valence-corrected chi connectivity index (χ3v) is 3.91. The first-order valence-electron chi connectivity index (χ1n) is 6.64. The summed E-state index contributed by atoms with van der Waals surface area (Å²) in [5, 5.41) is 9.45. The fraction of sp³-hybridized carbons (Fsp3) is 0.533. The summed E-state index contributed by atoms with van der Waals surface area (Å²) >= 11 is 0. The van der Waals surface area contributed by atoms with Crippen molar-refractivity contribution in [2.45, 2.75) is 32.6 Å². The average Bonchev–Trinajstić information content (AvgIpc) is 2.38. The zero-order chi connectivity index (χ0) is 13.1. The van der Waals surface area contributed by atoms with Gasteiger partial charge in [-0.2, -0.15) is 0 Å². The molecule has 1 amide bonds. The van der Waals surface area contributed by atoms with E-state index >= 15 is 0 Å². The molecule has 1 saturated carbocycles. The number of carbonyl (C=O) groups excluding carboxylic acids is 1. The highest BCUT2D eigenvalue weighted by molar-refractivity contribution is 5.94. The summed E-state index contributed by atoms with van der Waals surface area (Å²) in [6.07, 6.45) is 4.26. The van der Waals surface area contributed by atoms with E-state index in [1.165, 1.54) is 0 Å². The van der Waals surface area contributed by atoms with Crippen molar-refractivity contribution in [2.75, 3.05) is 11.9 Å². The molecule has 0 spiro atoms. The van der Waals surface area contributed by atoms with Crippen molar-refractivity contribution < 1.29 is 9.90 Å². The van der Waals surface area contributed by atoms with E-state index in [2.05, 4.69) is 6.92 Å². The van der Waals surface area contributed by atoms with Crippen molar-refractivity contribution in [3.8, 4) is 5.75 Å². The third kappa shape index (κ3) is 2.84. The Morgan fingerprint density at radius 3 is 2.56 bits per heavy atom. The van der Waals surface area contributed by atoms with Crippen molar-refractivity contribution in [3.63, 3.8) is 0 Å². The van der Waals surface area contributed by atoms with Gasteiger partial charge in [-0.1, -0.05) is 13.0 Å². The molecule has 1 aliphatic rings. The summed E-state index contributed by atoms with van der Waals surface area (Å²) in [5.41, 5.74) is 0.763. The molecule has 0 aromatic heterocycles. The van der Waals surface area contributed by atoms with Gasteiger partial charge in [0.15, 0.2) is 0 Å².